The highest BCUT2D eigenvalue weighted by atomic mass is 16.5. The fourth-order valence-corrected chi connectivity index (χ4v) is 3.43. The van der Waals surface area contributed by atoms with Crippen molar-refractivity contribution in [3.63, 3.8) is 0 Å². The predicted molar refractivity (Wildman–Crippen MR) is 84.3 cm³/mol. The lowest BCUT2D eigenvalue weighted by atomic mass is 9.97. The summed E-state index contributed by atoms with van der Waals surface area (Å²) in [5.41, 5.74) is 0. The molecule has 2 N–H and O–H groups in total. The molecule has 2 unspecified atom stereocenters. The van der Waals surface area contributed by atoms with E-state index in [9.17, 15) is 4.79 Å². The van der Waals surface area contributed by atoms with Gasteiger partial charge in [-0.05, 0) is 32.1 Å². The van der Waals surface area contributed by atoms with Crippen LogP contribution in [-0.2, 0) is 9.53 Å². The Morgan fingerprint density at radius 3 is 2.67 bits per heavy atom. The Kier molecular flexibility index (Phi) is 6.93. The van der Waals surface area contributed by atoms with Crippen LogP contribution in [0.15, 0.2) is 0 Å². The Morgan fingerprint density at radius 1 is 1.24 bits per heavy atom. The Hall–Kier alpha value is -0.650. The normalized spacial score (nSPS) is 28.5. The van der Waals surface area contributed by atoms with E-state index in [1.54, 1.807) is 7.05 Å². The molecule has 2 rings (SSSR count). The summed E-state index contributed by atoms with van der Waals surface area (Å²) in [7, 11) is 1.70. The highest BCUT2D eigenvalue weighted by Crippen LogP contribution is 2.20. The number of hydrogen-bond acceptors (Lipinski definition) is 4. The highest BCUT2D eigenvalue weighted by molar-refractivity contribution is 5.77. The van der Waals surface area contributed by atoms with Crippen molar-refractivity contribution in [3.05, 3.63) is 0 Å². The van der Waals surface area contributed by atoms with E-state index < -0.39 is 0 Å². The van der Waals surface area contributed by atoms with E-state index in [1.165, 1.54) is 12.8 Å². The number of carbonyl (C=O) groups is 1. The maximum atomic E-state index is 11.4. The molecule has 2 saturated heterocycles. The van der Waals surface area contributed by atoms with Crippen LogP contribution in [0.25, 0.3) is 0 Å². The molecular formula is C16H31N3O2. The average molecular weight is 297 g/mol. The summed E-state index contributed by atoms with van der Waals surface area (Å²) >= 11 is 0. The minimum absolute atomic E-state index is 0.119. The van der Waals surface area contributed by atoms with Crippen molar-refractivity contribution >= 4 is 5.91 Å². The summed E-state index contributed by atoms with van der Waals surface area (Å²) in [6.07, 6.45) is 7.43. The van der Waals surface area contributed by atoms with Crippen molar-refractivity contribution in [2.45, 2.75) is 63.6 Å². The minimum Gasteiger partial charge on any atom is -0.378 e. The third kappa shape index (κ3) is 5.57. The zero-order valence-corrected chi connectivity index (χ0v) is 13.6. The lowest BCUT2D eigenvalue weighted by Crippen LogP contribution is -2.50. The first-order chi connectivity index (χ1) is 10.2. The molecule has 2 aliphatic heterocycles. The largest absolute Gasteiger partial charge is 0.378 e. The van der Waals surface area contributed by atoms with Gasteiger partial charge in [-0.25, -0.2) is 0 Å². The Bertz CT molecular complexity index is 315. The first kappa shape index (κ1) is 16.7. The highest BCUT2D eigenvalue weighted by Gasteiger charge is 2.26. The zero-order valence-electron chi connectivity index (χ0n) is 13.6. The minimum atomic E-state index is 0.119. The number of carbonyl (C=O) groups excluding carboxylic acids is 1. The van der Waals surface area contributed by atoms with Crippen LogP contribution < -0.4 is 10.6 Å². The van der Waals surface area contributed by atoms with E-state index in [1.807, 2.05) is 0 Å². The van der Waals surface area contributed by atoms with Crippen molar-refractivity contribution in [1.29, 1.82) is 0 Å². The summed E-state index contributed by atoms with van der Waals surface area (Å²) in [6, 6.07) is 1.22. The number of nitrogens with zero attached hydrogens (tertiary/aromatic N) is 1. The van der Waals surface area contributed by atoms with Gasteiger partial charge in [0.2, 0.25) is 5.91 Å². The van der Waals surface area contributed by atoms with Gasteiger partial charge < -0.3 is 15.4 Å². The topological polar surface area (TPSA) is 53.6 Å². The number of rotatable bonds is 6. The number of amides is 1. The molecule has 0 spiro atoms. The van der Waals surface area contributed by atoms with Crippen LogP contribution in [0.5, 0.6) is 0 Å². The van der Waals surface area contributed by atoms with Gasteiger partial charge in [-0.15, -0.1) is 0 Å². The van der Waals surface area contributed by atoms with Gasteiger partial charge in [-0.3, -0.25) is 9.69 Å². The Balaban J connectivity index is 1.67. The molecule has 2 atom stereocenters. The van der Waals surface area contributed by atoms with Crippen LogP contribution in [0.4, 0.5) is 0 Å². The fraction of sp³-hybridized carbons (Fsp3) is 0.938. The maximum absolute atomic E-state index is 11.4. The van der Waals surface area contributed by atoms with E-state index >= 15 is 0 Å². The standard InChI is InChI=1S/C16H31N3O2/c1-3-4-15-11-14(7-10-21-15)18-13-5-8-19(9-6-13)12-16(20)17-2/h13-15,18H,3-12H2,1-2H3,(H,17,20). The van der Waals surface area contributed by atoms with Gasteiger partial charge in [0, 0.05) is 38.8 Å². The second-order valence-corrected chi connectivity index (χ2v) is 6.39. The average Bonchev–Trinajstić information content (AvgIpc) is 2.50. The monoisotopic (exact) mass is 297 g/mol. The molecule has 21 heavy (non-hydrogen) atoms. The van der Waals surface area contributed by atoms with Gasteiger partial charge in [-0.1, -0.05) is 13.3 Å². The van der Waals surface area contributed by atoms with Crippen LogP contribution in [0.2, 0.25) is 0 Å². The van der Waals surface area contributed by atoms with Crippen LogP contribution in [-0.4, -0.2) is 62.3 Å². The van der Waals surface area contributed by atoms with Crippen molar-refractivity contribution in [3.8, 4) is 0 Å². The number of nitrogens with one attached hydrogen (secondary N) is 2. The molecule has 1 amide bonds. The number of ether oxygens (including phenoxy) is 1. The molecule has 0 aromatic heterocycles. The van der Waals surface area contributed by atoms with E-state index in [0.29, 0.717) is 24.7 Å². The number of piperidine rings is 1. The molecule has 5 heteroatoms. The molecule has 2 fully saturated rings. The summed E-state index contributed by atoms with van der Waals surface area (Å²) in [4.78, 5) is 13.6. The quantitative estimate of drug-likeness (QED) is 0.772. The van der Waals surface area contributed by atoms with Crippen molar-refractivity contribution in [1.82, 2.24) is 15.5 Å². The molecule has 122 valence electrons. The lowest BCUT2D eigenvalue weighted by Gasteiger charge is -2.37. The van der Waals surface area contributed by atoms with Gasteiger partial charge in [0.15, 0.2) is 0 Å². The van der Waals surface area contributed by atoms with Gasteiger partial charge in [0.05, 0.1) is 12.6 Å². The predicted octanol–water partition coefficient (Wildman–Crippen LogP) is 1.13. The first-order valence-corrected chi connectivity index (χ1v) is 8.51. The van der Waals surface area contributed by atoms with Crippen molar-refractivity contribution in [2.24, 2.45) is 0 Å². The van der Waals surface area contributed by atoms with Crippen LogP contribution in [0, 0.1) is 0 Å². The molecule has 0 aromatic carbocycles. The fourth-order valence-electron chi connectivity index (χ4n) is 3.43. The second kappa shape index (κ2) is 8.71. The molecule has 0 aromatic rings. The lowest BCUT2D eigenvalue weighted by molar-refractivity contribution is -0.122. The molecule has 0 radical (unpaired) electrons. The molecule has 2 heterocycles. The summed E-state index contributed by atoms with van der Waals surface area (Å²) in [6.45, 7) is 5.71. The Morgan fingerprint density at radius 2 is 2.00 bits per heavy atom. The SMILES string of the molecule is CCCC1CC(NC2CCN(CC(=O)NC)CC2)CCO1. The van der Waals surface area contributed by atoms with E-state index in [2.05, 4.69) is 22.5 Å². The summed E-state index contributed by atoms with van der Waals surface area (Å²) in [5, 5.41) is 6.52. The van der Waals surface area contributed by atoms with E-state index in [0.717, 1.165) is 45.4 Å². The van der Waals surface area contributed by atoms with Gasteiger partial charge in [-0.2, -0.15) is 0 Å². The zero-order chi connectivity index (χ0) is 15.1. The molecule has 0 saturated carbocycles. The smallest absolute Gasteiger partial charge is 0.233 e. The van der Waals surface area contributed by atoms with Crippen molar-refractivity contribution < 1.29 is 9.53 Å². The third-order valence-electron chi connectivity index (χ3n) is 4.68. The number of hydrogen-bond donors (Lipinski definition) is 2. The number of likely N-dealkylation sites (tertiary alicyclic amines) is 1. The molecule has 2 aliphatic rings. The van der Waals surface area contributed by atoms with Crippen LogP contribution >= 0.6 is 0 Å². The van der Waals surface area contributed by atoms with E-state index in [4.69, 9.17) is 4.74 Å². The van der Waals surface area contributed by atoms with Gasteiger partial charge in [0.25, 0.3) is 0 Å². The summed E-state index contributed by atoms with van der Waals surface area (Å²) < 4.78 is 5.82. The second-order valence-electron chi connectivity index (χ2n) is 6.39. The van der Waals surface area contributed by atoms with Gasteiger partial charge in [0.1, 0.15) is 0 Å². The van der Waals surface area contributed by atoms with Crippen LogP contribution in [0.3, 0.4) is 0 Å². The first-order valence-electron chi connectivity index (χ1n) is 8.51. The van der Waals surface area contributed by atoms with Gasteiger partial charge >= 0.3 is 0 Å². The molecule has 0 bridgehead atoms. The molecule has 5 nitrogen and oxygen atoms in total. The van der Waals surface area contributed by atoms with Crippen molar-refractivity contribution in [2.75, 3.05) is 33.3 Å². The third-order valence-corrected chi connectivity index (χ3v) is 4.68. The molecule has 0 aliphatic carbocycles. The number of likely N-dealkylation sites (N-methyl/N-ethyl adjacent to an activating group) is 1. The molecular weight excluding hydrogens is 266 g/mol. The summed E-state index contributed by atoms with van der Waals surface area (Å²) in [5.74, 6) is 0.119. The van der Waals surface area contributed by atoms with Crippen LogP contribution in [0.1, 0.15) is 45.4 Å². The maximum Gasteiger partial charge on any atom is 0.233 e. The van der Waals surface area contributed by atoms with E-state index in [-0.39, 0.29) is 5.91 Å². The Labute approximate surface area is 128 Å².